The highest BCUT2D eigenvalue weighted by atomic mass is 16.5. The molecule has 2 N–H and O–H groups in total. The molecule has 0 aromatic heterocycles. The number of hydrogen-bond acceptors (Lipinski definition) is 4. The van der Waals surface area contributed by atoms with Crippen LogP contribution in [-0.4, -0.2) is 56.7 Å². The van der Waals surface area contributed by atoms with Crippen LogP contribution in [0.15, 0.2) is 24.3 Å². The highest BCUT2D eigenvalue weighted by Gasteiger charge is 2.20. The topological polar surface area (TPSA) is 41.7 Å². The molecule has 0 radical (unpaired) electrons. The molecule has 1 aromatic rings. The summed E-state index contributed by atoms with van der Waals surface area (Å²) in [6.45, 7) is 5.55. The highest BCUT2D eigenvalue weighted by Crippen LogP contribution is 2.15. The van der Waals surface area contributed by atoms with E-state index in [9.17, 15) is 0 Å². The molecule has 0 saturated carbocycles. The van der Waals surface area contributed by atoms with Gasteiger partial charge in [0.05, 0.1) is 6.61 Å². The quantitative estimate of drug-likeness (QED) is 0.611. The van der Waals surface area contributed by atoms with Crippen molar-refractivity contribution in [2.24, 2.45) is 5.92 Å². The number of ether oxygens (including phenoxy) is 1. The Labute approximate surface area is 122 Å². The summed E-state index contributed by atoms with van der Waals surface area (Å²) in [5.41, 5.74) is 6.42. The van der Waals surface area contributed by atoms with Gasteiger partial charge in [-0.2, -0.15) is 0 Å². The first kappa shape index (κ1) is 15.1. The summed E-state index contributed by atoms with van der Waals surface area (Å²) in [6, 6.07) is 7.59. The molecule has 0 amide bonds. The third-order valence-corrected chi connectivity index (χ3v) is 3.89. The maximum absolute atomic E-state index is 5.71. The molecule has 1 atom stereocenters. The minimum absolute atomic E-state index is 0.763. The van der Waals surface area contributed by atoms with E-state index in [0.29, 0.717) is 0 Å². The van der Waals surface area contributed by atoms with E-state index in [2.05, 4.69) is 23.9 Å². The molecule has 1 aromatic carbocycles. The molecule has 1 saturated heterocycles. The minimum atomic E-state index is 0.763. The first-order chi connectivity index (χ1) is 9.63. The summed E-state index contributed by atoms with van der Waals surface area (Å²) in [7, 11) is 4.42. The minimum Gasteiger partial charge on any atom is -0.494 e. The monoisotopic (exact) mass is 277 g/mol. The fourth-order valence-electron chi connectivity index (χ4n) is 2.80. The number of likely N-dealkylation sites (tertiary alicyclic amines) is 1. The van der Waals surface area contributed by atoms with Gasteiger partial charge in [-0.3, -0.25) is 0 Å². The van der Waals surface area contributed by atoms with E-state index in [4.69, 9.17) is 10.5 Å². The zero-order chi connectivity index (χ0) is 14.4. The van der Waals surface area contributed by atoms with Crippen molar-refractivity contribution in [1.29, 1.82) is 0 Å². The average Bonchev–Trinajstić information content (AvgIpc) is 2.82. The van der Waals surface area contributed by atoms with Crippen molar-refractivity contribution in [3.63, 3.8) is 0 Å². The van der Waals surface area contributed by atoms with Crippen molar-refractivity contribution in [3.8, 4) is 5.75 Å². The molecule has 20 heavy (non-hydrogen) atoms. The standard InChI is InChI=1S/C16H27N3O/c1-18(12-14-8-10-19(2)13-14)9-3-11-20-16-6-4-15(17)5-7-16/h4-7,14H,3,8-13,17H2,1-2H3. The lowest BCUT2D eigenvalue weighted by Crippen LogP contribution is -2.29. The predicted octanol–water partition coefficient (Wildman–Crippen LogP) is 1.92. The Morgan fingerprint density at radius 2 is 2.10 bits per heavy atom. The van der Waals surface area contributed by atoms with Gasteiger partial charge in [-0.15, -0.1) is 0 Å². The van der Waals surface area contributed by atoms with Crippen molar-refractivity contribution in [1.82, 2.24) is 9.80 Å². The Morgan fingerprint density at radius 3 is 2.75 bits per heavy atom. The van der Waals surface area contributed by atoms with E-state index < -0.39 is 0 Å². The third-order valence-electron chi connectivity index (χ3n) is 3.89. The van der Waals surface area contributed by atoms with Gasteiger partial charge in [0.1, 0.15) is 5.75 Å². The highest BCUT2D eigenvalue weighted by molar-refractivity contribution is 5.41. The first-order valence-corrected chi connectivity index (χ1v) is 7.49. The molecule has 0 aliphatic carbocycles. The molecule has 1 unspecified atom stereocenters. The van der Waals surface area contributed by atoms with E-state index >= 15 is 0 Å². The normalized spacial score (nSPS) is 19.6. The summed E-state index contributed by atoms with van der Waals surface area (Å²) in [6.07, 6.45) is 2.40. The van der Waals surface area contributed by atoms with Crippen molar-refractivity contribution < 1.29 is 4.74 Å². The lowest BCUT2D eigenvalue weighted by atomic mass is 10.1. The molecule has 2 rings (SSSR count). The second-order valence-electron chi connectivity index (χ2n) is 5.95. The van der Waals surface area contributed by atoms with Crippen LogP contribution in [-0.2, 0) is 0 Å². The van der Waals surface area contributed by atoms with Crippen LogP contribution in [0.1, 0.15) is 12.8 Å². The van der Waals surface area contributed by atoms with E-state index in [0.717, 1.165) is 36.9 Å². The molecule has 1 fully saturated rings. The van der Waals surface area contributed by atoms with Gasteiger partial charge in [0.15, 0.2) is 0 Å². The van der Waals surface area contributed by atoms with Crippen LogP contribution in [0, 0.1) is 5.92 Å². The van der Waals surface area contributed by atoms with E-state index in [1.807, 2.05) is 24.3 Å². The number of hydrogen-bond donors (Lipinski definition) is 1. The van der Waals surface area contributed by atoms with Gasteiger partial charge in [-0.05, 0) is 63.7 Å². The summed E-state index contributed by atoms with van der Waals surface area (Å²) in [5, 5.41) is 0. The summed E-state index contributed by atoms with van der Waals surface area (Å²) in [4.78, 5) is 4.85. The SMILES string of the molecule is CN(CCCOc1ccc(N)cc1)CC1CCN(C)C1. The largest absolute Gasteiger partial charge is 0.494 e. The Bertz CT molecular complexity index is 393. The van der Waals surface area contributed by atoms with Crippen molar-refractivity contribution >= 4 is 5.69 Å². The number of benzene rings is 1. The van der Waals surface area contributed by atoms with E-state index in [-0.39, 0.29) is 0 Å². The van der Waals surface area contributed by atoms with Gasteiger partial charge < -0.3 is 20.3 Å². The van der Waals surface area contributed by atoms with Crippen LogP contribution in [0.5, 0.6) is 5.75 Å². The molecule has 4 nitrogen and oxygen atoms in total. The Kier molecular flexibility index (Phi) is 5.68. The fraction of sp³-hybridized carbons (Fsp3) is 0.625. The van der Waals surface area contributed by atoms with Crippen molar-refractivity contribution in [2.75, 3.05) is 52.6 Å². The zero-order valence-corrected chi connectivity index (χ0v) is 12.7. The number of nitrogens with two attached hydrogens (primary N) is 1. The van der Waals surface area contributed by atoms with Crippen LogP contribution in [0.2, 0.25) is 0 Å². The van der Waals surface area contributed by atoms with Crippen LogP contribution in [0.3, 0.4) is 0 Å². The number of anilines is 1. The smallest absolute Gasteiger partial charge is 0.119 e. The van der Waals surface area contributed by atoms with Gasteiger partial charge >= 0.3 is 0 Å². The Hall–Kier alpha value is -1.26. The number of nitrogens with zero attached hydrogens (tertiary/aromatic N) is 2. The summed E-state index contributed by atoms with van der Waals surface area (Å²) < 4.78 is 5.71. The Balaban J connectivity index is 1.57. The molecule has 4 heteroatoms. The molecule has 112 valence electrons. The average molecular weight is 277 g/mol. The molecule has 1 aliphatic heterocycles. The first-order valence-electron chi connectivity index (χ1n) is 7.49. The maximum Gasteiger partial charge on any atom is 0.119 e. The second kappa shape index (κ2) is 7.50. The summed E-state index contributed by atoms with van der Waals surface area (Å²) >= 11 is 0. The van der Waals surface area contributed by atoms with Crippen LogP contribution in [0.25, 0.3) is 0 Å². The molecule has 1 heterocycles. The zero-order valence-electron chi connectivity index (χ0n) is 12.7. The van der Waals surface area contributed by atoms with Crippen LogP contribution < -0.4 is 10.5 Å². The van der Waals surface area contributed by atoms with Gasteiger partial charge in [-0.25, -0.2) is 0 Å². The van der Waals surface area contributed by atoms with Crippen molar-refractivity contribution in [3.05, 3.63) is 24.3 Å². The molecule has 0 bridgehead atoms. The molecule has 0 spiro atoms. The maximum atomic E-state index is 5.71. The van der Waals surface area contributed by atoms with E-state index in [1.165, 1.54) is 26.1 Å². The molecular weight excluding hydrogens is 250 g/mol. The van der Waals surface area contributed by atoms with E-state index in [1.54, 1.807) is 0 Å². The number of rotatable bonds is 7. The third kappa shape index (κ3) is 5.02. The van der Waals surface area contributed by atoms with Gasteiger partial charge in [0.25, 0.3) is 0 Å². The number of nitrogen functional groups attached to an aromatic ring is 1. The van der Waals surface area contributed by atoms with Crippen molar-refractivity contribution in [2.45, 2.75) is 12.8 Å². The summed E-state index contributed by atoms with van der Waals surface area (Å²) in [5.74, 6) is 1.74. The second-order valence-corrected chi connectivity index (χ2v) is 5.95. The van der Waals surface area contributed by atoms with Crippen LogP contribution in [0.4, 0.5) is 5.69 Å². The predicted molar refractivity (Wildman–Crippen MR) is 84.1 cm³/mol. The van der Waals surface area contributed by atoms with Gasteiger partial charge in [0, 0.05) is 25.3 Å². The lowest BCUT2D eigenvalue weighted by Gasteiger charge is -2.20. The van der Waals surface area contributed by atoms with Gasteiger partial charge in [0.2, 0.25) is 0 Å². The lowest BCUT2D eigenvalue weighted by molar-refractivity contribution is 0.238. The molecular formula is C16H27N3O. The Morgan fingerprint density at radius 1 is 1.35 bits per heavy atom. The van der Waals surface area contributed by atoms with Crippen LogP contribution >= 0.6 is 0 Å². The fourth-order valence-corrected chi connectivity index (χ4v) is 2.80. The van der Waals surface area contributed by atoms with Gasteiger partial charge in [-0.1, -0.05) is 0 Å². The molecule has 1 aliphatic rings.